The Hall–Kier alpha value is -1.90. The number of benzene rings is 2. The van der Waals surface area contributed by atoms with Gasteiger partial charge in [0.1, 0.15) is 6.54 Å². The first-order valence-corrected chi connectivity index (χ1v) is 8.39. The van der Waals surface area contributed by atoms with Gasteiger partial charge in [-0.05, 0) is 29.3 Å². The average Bonchev–Trinajstić information content (AvgIpc) is 2.50. The Morgan fingerprint density at radius 2 is 1.86 bits per heavy atom. The number of nitrogens with zero attached hydrogens (tertiary/aromatic N) is 2. The van der Waals surface area contributed by atoms with E-state index in [1.165, 1.54) is 4.31 Å². The largest absolute Gasteiger partial charge is 0.244 e. The van der Waals surface area contributed by atoms with Gasteiger partial charge in [0, 0.05) is 6.54 Å². The highest BCUT2D eigenvalue weighted by molar-refractivity contribution is 7.89. The van der Waals surface area contributed by atoms with E-state index in [1.54, 1.807) is 18.2 Å². The number of hydrogen-bond acceptors (Lipinski definition) is 3. The van der Waals surface area contributed by atoms with Crippen LogP contribution in [0.15, 0.2) is 47.4 Å². The van der Waals surface area contributed by atoms with Crippen LogP contribution in [0.1, 0.15) is 19.8 Å². The number of nitriles is 1. The Kier molecular flexibility index (Phi) is 4.94. The molecule has 0 atom stereocenters. The Balaban J connectivity index is 2.41. The van der Waals surface area contributed by atoms with Crippen molar-refractivity contribution in [1.82, 2.24) is 4.31 Å². The molecule has 0 spiro atoms. The molecule has 0 aromatic heterocycles. The summed E-state index contributed by atoms with van der Waals surface area (Å²) in [5.41, 5.74) is 0. The van der Waals surface area contributed by atoms with E-state index in [0.29, 0.717) is 6.54 Å². The number of sulfonamides is 1. The van der Waals surface area contributed by atoms with E-state index in [1.807, 2.05) is 37.3 Å². The first-order valence-electron chi connectivity index (χ1n) is 6.95. The molecule has 0 saturated carbocycles. The van der Waals surface area contributed by atoms with Crippen LogP contribution in [-0.2, 0) is 10.0 Å². The second-order valence-corrected chi connectivity index (χ2v) is 6.80. The monoisotopic (exact) mass is 302 g/mol. The lowest BCUT2D eigenvalue weighted by Gasteiger charge is -2.19. The minimum Gasteiger partial charge on any atom is -0.207 e. The van der Waals surface area contributed by atoms with E-state index >= 15 is 0 Å². The Morgan fingerprint density at radius 1 is 1.14 bits per heavy atom. The van der Waals surface area contributed by atoms with Crippen molar-refractivity contribution >= 4 is 20.8 Å². The molecule has 0 fully saturated rings. The molecule has 0 radical (unpaired) electrons. The topological polar surface area (TPSA) is 61.2 Å². The summed E-state index contributed by atoms with van der Waals surface area (Å²) in [7, 11) is -3.62. The summed E-state index contributed by atoms with van der Waals surface area (Å²) >= 11 is 0. The number of rotatable bonds is 6. The maximum atomic E-state index is 12.6. The third-order valence-electron chi connectivity index (χ3n) is 3.37. The van der Waals surface area contributed by atoms with Gasteiger partial charge in [0.2, 0.25) is 10.0 Å². The second-order valence-electron chi connectivity index (χ2n) is 4.86. The predicted octanol–water partition coefficient (Wildman–Crippen LogP) is 3.15. The minimum atomic E-state index is -3.62. The maximum absolute atomic E-state index is 12.6. The summed E-state index contributed by atoms with van der Waals surface area (Å²) in [6.07, 6.45) is 1.63. The number of unbranched alkanes of at least 4 members (excludes halogenated alkanes) is 1. The molecule has 0 aliphatic heterocycles. The first-order chi connectivity index (χ1) is 10.1. The molecular weight excluding hydrogens is 284 g/mol. The van der Waals surface area contributed by atoms with Crippen LogP contribution >= 0.6 is 0 Å². The van der Waals surface area contributed by atoms with Gasteiger partial charge < -0.3 is 0 Å². The molecule has 0 bridgehead atoms. The molecule has 21 heavy (non-hydrogen) atoms. The zero-order valence-corrected chi connectivity index (χ0v) is 12.8. The summed E-state index contributed by atoms with van der Waals surface area (Å²) in [6.45, 7) is 2.25. The van der Waals surface area contributed by atoms with Gasteiger partial charge in [-0.2, -0.15) is 9.57 Å². The van der Waals surface area contributed by atoms with Crippen molar-refractivity contribution in [2.24, 2.45) is 0 Å². The smallest absolute Gasteiger partial charge is 0.207 e. The van der Waals surface area contributed by atoms with Crippen molar-refractivity contribution in [2.75, 3.05) is 13.1 Å². The molecule has 2 aromatic carbocycles. The van der Waals surface area contributed by atoms with Crippen molar-refractivity contribution in [3.8, 4) is 6.07 Å². The average molecular weight is 302 g/mol. The summed E-state index contributed by atoms with van der Waals surface area (Å²) in [4.78, 5) is 0.243. The number of fused-ring (bicyclic) bond motifs is 1. The Morgan fingerprint density at radius 3 is 2.52 bits per heavy atom. The summed E-state index contributed by atoms with van der Waals surface area (Å²) < 4.78 is 26.5. The molecule has 0 heterocycles. The lowest BCUT2D eigenvalue weighted by Crippen LogP contribution is -2.32. The highest BCUT2D eigenvalue weighted by atomic mass is 32.2. The van der Waals surface area contributed by atoms with Crippen molar-refractivity contribution in [1.29, 1.82) is 5.26 Å². The Labute approximate surface area is 125 Å². The fourth-order valence-corrected chi connectivity index (χ4v) is 3.59. The van der Waals surface area contributed by atoms with E-state index < -0.39 is 10.0 Å². The van der Waals surface area contributed by atoms with Gasteiger partial charge >= 0.3 is 0 Å². The first kappa shape index (κ1) is 15.5. The van der Waals surface area contributed by atoms with Crippen LogP contribution in [0.25, 0.3) is 10.8 Å². The van der Waals surface area contributed by atoms with Crippen molar-refractivity contribution in [3.63, 3.8) is 0 Å². The quantitative estimate of drug-likeness (QED) is 0.770. The standard InChI is InChI=1S/C16H18N2O2S/c1-2-3-11-18(12-10-17)21(19,20)16-9-8-14-6-4-5-7-15(14)13-16/h4-9,13H,2-3,11-12H2,1H3. The molecule has 2 rings (SSSR count). The zero-order chi connectivity index (χ0) is 15.3. The van der Waals surface area contributed by atoms with Crippen LogP contribution < -0.4 is 0 Å². The van der Waals surface area contributed by atoms with Crippen LogP contribution in [0.2, 0.25) is 0 Å². The lowest BCUT2D eigenvalue weighted by atomic mass is 10.1. The van der Waals surface area contributed by atoms with Gasteiger partial charge in [0.25, 0.3) is 0 Å². The normalized spacial score (nSPS) is 11.7. The van der Waals surface area contributed by atoms with Crippen LogP contribution in [0.3, 0.4) is 0 Å². The SMILES string of the molecule is CCCCN(CC#N)S(=O)(=O)c1ccc2ccccc2c1. The highest BCUT2D eigenvalue weighted by Gasteiger charge is 2.23. The van der Waals surface area contributed by atoms with Gasteiger partial charge in [-0.1, -0.05) is 43.7 Å². The predicted molar refractivity (Wildman–Crippen MR) is 83.2 cm³/mol. The molecule has 110 valence electrons. The van der Waals surface area contributed by atoms with Crippen molar-refractivity contribution < 1.29 is 8.42 Å². The van der Waals surface area contributed by atoms with Crippen LogP contribution in [0, 0.1) is 11.3 Å². The van der Waals surface area contributed by atoms with E-state index in [-0.39, 0.29) is 11.4 Å². The molecule has 0 aliphatic carbocycles. The Bertz CT molecular complexity index is 763. The molecule has 0 amide bonds. The molecule has 0 saturated heterocycles. The van der Waals surface area contributed by atoms with Gasteiger partial charge in [-0.15, -0.1) is 0 Å². The third kappa shape index (κ3) is 3.41. The molecular formula is C16H18N2O2S. The molecule has 5 heteroatoms. The van der Waals surface area contributed by atoms with Crippen molar-refractivity contribution in [2.45, 2.75) is 24.7 Å². The van der Waals surface area contributed by atoms with Gasteiger partial charge in [0.05, 0.1) is 11.0 Å². The van der Waals surface area contributed by atoms with E-state index in [9.17, 15) is 8.42 Å². The van der Waals surface area contributed by atoms with Crippen molar-refractivity contribution in [3.05, 3.63) is 42.5 Å². The van der Waals surface area contributed by atoms with Gasteiger partial charge in [-0.3, -0.25) is 0 Å². The van der Waals surface area contributed by atoms with Crippen LogP contribution in [0.4, 0.5) is 0 Å². The van der Waals surface area contributed by atoms with Gasteiger partial charge in [0.15, 0.2) is 0 Å². The zero-order valence-electron chi connectivity index (χ0n) is 12.0. The van der Waals surface area contributed by atoms with E-state index in [0.717, 1.165) is 23.6 Å². The van der Waals surface area contributed by atoms with E-state index in [4.69, 9.17) is 5.26 Å². The molecule has 0 N–H and O–H groups in total. The summed E-state index contributed by atoms with van der Waals surface area (Å²) in [5, 5.41) is 10.7. The van der Waals surface area contributed by atoms with Crippen LogP contribution in [0.5, 0.6) is 0 Å². The fraction of sp³-hybridized carbons (Fsp3) is 0.312. The molecule has 4 nitrogen and oxygen atoms in total. The molecule has 0 unspecified atom stereocenters. The third-order valence-corrected chi connectivity index (χ3v) is 5.21. The van der Waals surface area contributed by atoms with Crippen LogP contribution in [-0.4, -0.2) is 25.8 Å². The van der Waals surface area contributed by atoms with E-state index in [2.05, 4.69) is 0 Å². The molecule has 0 aliphatic rings. The fourth-order valence-electron chi connectivity index (χ4n) is 2.17. The minimum absolute atomic E-state index is 0.116. The van der Waals surface area contributed by atoms with Gasteiger partial charge in [-0.25, -0.2) is 8.42 Å². The molecule has 2 aromatic rings. The summed E-state index contributed by atoms with van der Waals surface area (Å²) in [6, 6.07) is 14.6. The second kappa shape index (κ2) is 6.70. The number of hydrogen-bond donors (Lipinski definition) is 0. The maximum Gasteiger partial charge on any atom is 0.244 e. The summed E-state index contributed by atoms with van der Waals surface area (Å²) in [5.74, 6) is 0. The highest BCUT2D eigenvalue weighted by Crippen LogP contribution is 2.22. The lowest BCUT2D eigenvalue weighted by molar-refractivity contribution is 0.435.